The van der Waals surface area contributed by atoms with Crippen LogP contribution < -0.4 is 11.1 Å². The van der Waals surface area contributed by atoms with Crippen LogP contribution in [0.2, 0.25) is 0 Å². The van der Waals surface area contributed by atoms with E-state index in [1.54, 1.807) is 23.9 Å². The van der Waals surface area contributed by atoms with E-state index in [2.05, 4.69) is 35.6 Å². The standard InChI is InChI=1S/C15H22N4OS/c1-4-15(5-2,21-3)9-17-14(20)13-11-8-10(16)6-7-12(11)18-19-13/h6-8H,4-5,9,16H2,1-3H3,(H,17,20)(H,18,19). The number of rotatable bonds is 6. The third kappa shape index (κ3) is 3.15. The number of aromatic nitrogens is 2. The topological polar surface area (TPSA) is 83.8 Å². The van der Waals surface area contributed by atoms with Crippen LogP contribution in [0.4, 0.5) is 5.69 Å². The predicted molar refractivity (Wildman–Crippen MR) is 89.7 cm³/mol. The van der Waals surface area contributed by atoms with Crippen molar-refractivity contribution in [2.45, 2.75) is 31.4 Å². The van der Waals surface area contributed by atoms with E-state index in [-0.39, 0.29) is 10.7 Å². The van der Waals surface area contributed by atoms with Gasteiger partial charge in [0.2, 0.25) is 0 Å². The van der Waals surface area contributed by atoms with Crippen LogP contribution in [-0.2, 0) is 0 Å². The Morgan fingerprint density at radius 2 is 2.14 bits per heavy atom. The summed E-state index contributed by atoms with van der Waals surface area (Å²) >= 11 is 1.80. The van der Waals surface area contributed by atoms with Gasteiger partial charge in [-0.15, -0.1) is 0 Å². The highest BCUT2D eigenvalue weighted by atomic mass is 32.2. The molecule has 0 saturated carbocycles. The molecule has 0 spiro atoms. The molecule has 0 aliphatic heterocycles. The Morgan fingerprint density at radius 1 is 1.43 bits per heavy atom. The molecule has 0 bridgehead atoms. The SMILES string of the molecule is CCC(CC)(CNC(=O)c1n[nH]c2ccc(N)cc12)SC. The van der Waals surface area contributed by atoms with Gasteiger partial charge in [-0.1, -0.05) is 13.8 Å². The van der Waals surface area contributed by atoms with Crippen LogP contribution in [0, 0.1) is 0 Å². The van der Waals surface area contributed by atoms with Crippen LogP contribution in [0.3, 0.4) is 0 Å². The van der Waals surface area contributed by atoms with Gasteiger partial charge in [-0.2, -0.15) is 16.9 Å². The van der Waals surface area contributed by atoms with Gasteiger partial charge < -0.3 is 11.1 Å². The zero-order valence-corrected chi connectivity index (χ0v) is 13.5. The lowest BCUT2D eigenvalue weighted by Gasteiger charge is -2.29. The number of nitrogens with two attached hydrogens (primary N) is 1. The second-order valence-electron chi connectivity index (χ2n) is 5.15. The first kappa shape index (κ1) is 15.7. The summed E-state index contributed by atoms with van der Waals surface area (Å²) in [7, 11) is 0. The van der Waals surface area contributed by atoms with Gasteiger partial charge in [0.15, 0.2) is 5.69 Å². The maximum Gasteiger partial charge on any atom is 0.272 e. The number of nitrogen functional groups attached to an aromatic ring is 1. The van der Waals surface area contributed by atoms with E-state index in [0.717, 1.165) is 23.7 Å². The zero-order chi connectivity index (χ0) is 15.5. The lowest BCUT2D eigenvalue weighted by Crippen LogP contribution is -2.39. The van der Waals surface area contributed by atoms with Gasteiger partial charge in [-0.3, -0.25) is 9.89 Å². The molecule has 1 amide bonds. The number of carbonyl (C=O) groups excluding carboxylic acids is 1. The fraction of sp³-hybridized carbons (Fsp3) is 0.467. The molecule has 6 heteroatoms. The minimum absolute atomic E-state index is 0.0841. The summed E-state index contributed by atoms with van der Waals surface area (Å²) in [6.45, 7) is 4.93. The molecule has 1 aromatic carbocycles. The summed E-state index contributed by atoms with van der Waals surface area (Å²) < 4.78 is 0.0841. The van der Waals surface area contributed by atoms with Gasteiger partial charge >= 0.3 is 0 Å². The quantitative estimate of drug-likeness (QED) is 0.717. The lowest BCUT2D eigenvalue weighted by atomic mass is 10.0. The fourth-order valence-electron chi connectivity index (χ4n) is 2.39. The molecule has 0 fully saturated rings. The number of carbonyl (C=O) groups is 1. The molecule has 1 heterocycles. The van der Waals surface area contributed by atoms with Crippen LogP contribution in [0.25, 0.3) is 10.9 Å². The van der Waals surface area contributed by atoms with Crippen LogP contribution in [-0.4, -0.2) is 33.7 Å². The number of fused-ring (bicyclic) bond motifs is 1. The van der Waals surface area contributed by atoms with Crippen molar-refractivity contribution in [2.24, 2.45) is 0 Å². The first-order chi connectivity index (χ1) is 10.0. The van der Waals surface area contributed by atoms with Crippen LogP contribution >= 0.6 is 11.8 Å². The first-order valence-corrected chi connectivity index (χ1v) is 8.34. The van der Waals surface area contributed by atoms with Gasteiger partial charge in [0.25, 0.3) is 5.91 Å². The van der Waals surface area contributed by atoms with Crippen molar-refractivity contribution in [3.63, 3.8) is 0 Å². The molecule has 4 N–H and O–H groups in total. The summed E-state index contributed by atoms with van der Waals surface area (Å²) in [6.07, 6.45) is 4.11. The maximum atomic E-state index is 12.4. The van der Waals surface area contributed by atoms with Crippen LogP contribution in [0.15, 0.2) is 18.2 Å². The van der Waals surface area contributed by atoms with Crippen LogP contribution in [0.1, 0.15) is 37.2 Å². The smallest absolute Gasteiger partial charge is 0.272 e. The Morgan fingerprint density at radius 3 is 2.76 bits per heavy atom. The monoisotopic (exact) mass is 306 g/mol. The van der Waals surface area contributed by atoms with E-state index < -0.39 is 0 Å². The average molecular weight is 306 g/mol. The largest absolute Gasteiger partial charge is 0.399 e. The average Bonchev–Trinajstić information content (AvgIpc) is 2.92. The number of nitrogens with one attached hydrogen (secondary N) is 2. The summed E-state index contributed by atoms with van der Waals surface area (Å²) in [5, 5.41) is 10.7. The Balaban J connectivity index is 2.17. The highest BCUT2D eigenvalue weighted by Gasteiger charge is 2.26. The second kappa shape index (κ2) is 6.39. The number of nitrogens with zero attached hydrogens (tertiary/aromatic N) is 1. The molecule has 5 nitrogen and oxygen atoms in total. The van der Waals surface area contributed by atoms with E-state index in [0.29, 0.717) is 17.9 Å². The van der Waals surface area contributed by atoms with Gasteiger partial charge in [0.05, 0.1) is 5.52 Å². The van der Waals surface area contributed by atoms with E-state index in [1.807, 2.05) is 6.07 Å². The molecule has 0 saturated heterocycles. The molecular formula is C15H22N4OS. The number of benzene rings is 1. The molecule has 0 aliphatic rings. The molecular weight excluding hydrogens is 284 g/mol. The molecule has 1 aromatic heterocycles. The Hall–Kier alpha value is -1.69. The Labute approximate surface area is 129 Å². The maximum absolute atomic E-state index is 12.4. The van der Waals surface area contributed by atoms with Crippen molar-refractivity contribution < 1.29 is 4.79 Å². The van der Waals surface area contributed by atoms with Crippen molar-refractivity contribution in [3.8, 4) is 0 Å². The number of amides is 1. The summed E-state index contributed by atoms with van der Waals surface area (Å²) in [5.41, 5.74) is 7.63. The van der Waals surface area contributed by atoms with Crippen molar-refractivity contribution in [1.29, 1.82) is 0 Å². The molecule has 0 aliphatic carbocycles. The van der Waals surface area contributed by atoms with Crippen molar-refractivity contribution in [2.75, 3.05) is 18.5 Å². The molecule has 2 aromatic rings. The van der Waals surface area contributed by atoms with E-state index in [9.17, 15) is 4.79 Å². The third-order valence-corrected chi connectivity index (χ3v) is 5.68. The second-order valence-corrected chi connectivity index (χ2v) is 6.43. The third-order valence-electron chi connectivity index (χ3n) is 4.09. The molecule has 0 atom stereocenters. The molecule has 0 radical (unpaired) electrons. The number of hydrogen-bond donors (Lipinski definition) is 3. The Bertz CT molecular complexity index is 625. The van der Waals surface area contributed by atoms with Crippen LogP contribution in [0.5, 0.6) is 0 Å². The van der Waals surface area contributed by atoms with E-state index in [1.165, 1.54) is 0 Å². The number of H-pyrrole nitrogens is 1. The summed E-state index contributed by atoms with van der Waals surface area (Å²) in [5.74, 6) is -0.160. The number of hydrogen-bond acceptors (Lipinski definition) is 4. The molecule has 0 unspecified atom stereocenters. The van der Waals surface area contributed by atoms with Crippen molar-refractivity contribution >= 4 is 34.3 Å². The summed E-state index contributed by atoms with van der Waals surface area (Å²) in [4.78, 5) is 12.4. The number of anilines is 1. The predicted octanol–water partition coefficient (Wildman–Crippen LogP) is 2.80. The van der Waals surface area contributed by atoms with E-state index >= 15 is 0 Å². The van der Waals surface area contributed by atoms with Gasteiger partial charge in [0.1, 0.15) is 0 Å². The van der Waals surface area contributed by atoms with Gasteiger partial charge in [-0.05, 0) is 37.3 Å². The molecule has 114 valence electrons. The minimum atomic E-state index is -0.160. The van der Waals surface area contributed by atoms with Gasteiger partial charge in [0, 0.05) is 22.4 Å². The molecule has 21 heavy (non-hydrogen) atoms. The van der Waals surface area contributed by atoms with Gasteiger partial charge in [-0.25, -0.2) is 0 Å². The minimum Gasteiger partial charge on any atom is -0.399 e. The van der Waals surface area contributed by atoms with E-state index in [4.69, 9.17) is 5.73 Å². The fourth-order valence-corrected chi connectivity index (χ4v) is 3.18. The lowest BCUT2D eigenvalue weighted by molar-refractivity contribution is 0.0945. The number of aromatic amines is 1. The van der Waals surface area contributed by atoms with Crippen molar-refractivity contribution in [1.82, 2.24) is 15.5 Å². The molecule has 2 rings (SSSR count). The summed E-state index contributed by atoms with van der Waals surface area (Å²) in [6, 6.07) is 5.39. The highest BCUT2D eigenvalue weighted by Crippen LogP contribution is 2.29. The first-order valence-electron chi connectivity index (χ1n) is 7.12. The Kier molecular flexibility index (Phi) is 4.77. The zero-order valence-electron chi connectivity index (χ0n) is 12.7. The number of thioether (sulfide) groups is 1. The highest BCUT2D eigenvalue weighted by molar-refractivity contribution is 8.00. The normalized spacial score (nSPS) is 11.8. The van der Waals surface area contributed by atoms with Crippen molar-refractivity contribution in [3.05, 3.63) is 23.9 Å².